The lowest BCUT2D eigenvalue weighted by Crippen LogP contribution is -2.16. The topological polar surface area (TPSA) is 35.5 Å². The van der Waals surface area contributed by atoms with Crippen molar-refractivity contribution in [3.05, 3.63) is 75.7 Å². The van der Waals surface area contributed by atoms with Crippen molar-refractivity contribution in [3.63, 3.8) is 0 Å². The van der Waals surface area contributed by atoms with Crippen LogP contribution in [0.15, 0.2) is 54.8 Å². The van der Waals surface area contributed by atoms with Gasteiger partial charge in [-0.05, 0) is 65.3 Å². The number of ether oxygens (including phenoxy) is 2. The Morgan fingerprint density at radius 1 is 1.07 bits per heavy atom. The van der Waals surface area contributed by atoms with Gasteiger partial charge >= 0.3 is 5.97 Å². The monoisotopic (exact) mass is 372 g/mol. The third-order valence-corrected chi connectivity index (χ3v) is 5.89. The molecule has 3 nitrogen and oxygen atoms in total. The Balaban J connectivity index is 1.84. The van der Waals surface area contributed by atoms with Gasteiger partial charge in [-0.1, -0.05) is 24.3 Å². The van der Waals surface area contributed by atoms with Gasteiger partial charge in [0, 0.05) is 15.7 Å². The molecule has 0 atom stereocenters. The van der Waals surface area contributed by atoms with E-state index in [-0.39, 0.29) is 5.97 Å². The molecule has 1 aromatic heterocycles. The molecule has 0 saturated heterocycles. The quantitative estimate of drug-likeness (QED) is 0.497. The van der Waals surface area contributed by atoms with Gasteiger partial charge in [0.1, 0.15) is 10.6 Å². The van der Waals surface area contributed by atoms with Gasteiger partial charge in [-0.3, -0.25) is 0 Å². The SMILES string of the molecule is CCOC(=O)c1cc2c(s1)-c1ccccc1C=c1cc3c(cc1-2)=CC=CO3. The Kier molecular flexibility index (Phi) is 3.73. The second-order valence-electron chi connectivity index (χ2n) is 6.40. The van der Waals surface area contributed by atoms with Crippen molar-refractivity contribution in [1.82, 2.24) is 0 Å². The summed E-state index contributed by atoms with van der Waals surface area (Å²) in [5.41, 5.74) is 4.42. The molecule has 0 saturated carbocycles. The molecule has 2 heterocycles. The lowest BCUT2D eigenvalue weighted by molar-refractivity contribution is 0.0532. The number of carbonyl (C=O) groups is 1. The van der Waals surface area contributed by atoms with Crippen molar-refractivity contribution >= 4 is 29.5 Å². The molecule has 27 heavy (non-hydrogen) atoms. The molecule has 4 heteroatoms. The van der Waals surface area contributed by atoms with Crippen LogP contribution in [0.3, 0.4) is 0 Å². The zero-order valence-electron chi connectivity index (χ0n) is 14.7. The fraction of sp³-hybridized carbons (Fsp3) is 0.0870. The normalized spacial score (nSPS) is 12.9. The maximum absolute atomic E-state index is 12.4. The van der Waals surface area contributed by atoms with Crippen LogP contribution in [0.5, 0.6) is 5.75 Å². The number of carbonyl (C=O) groups excluding carboxylic acids is 1. The van der Waals surface area contributed by atoms with Crippen LogP contribution in [0.1, 0.15) is 22.2 Å². The lowest BCUT2D eigenvalue weighted by atomic mass is 10.0. The highest BCUT2D eigenvalue weighted by Crippen LogP contribution is 2.41. The zero-order chi connectivity index (χ0) is 18.4. The summed E-state index contributed by atoms with van der Waals surface area (Å²) in [6.07, 6.45) is 7.80. The molecule has 5 rings (SSSR count). The van der Waals surface area contributed by atoms with Gasteiger partial charge in [0.15, 0.2) is 0 Å². The zero-order valence-corrected chi connectivity index (χ0v) is 15.5. The number of rotatable bonds is 2. The van der Waals surface area contributed by atoms with E-state index in [1.807, 2.05) is 37.3 Å². The Morgan fingerprint density at radius 2 is 1.96 bits per heavy atom. The second-order valence-corrected chi connectivity index (χ2v) is 7.45. The van der Waals surface area contributed by atoms with Gasteiger partial charge in [0.25, 0.3) is 0 Å². The highest BCUT2D eigenvalue weighted by atomic mass is 32.1. The minimum Gasteiger partial charge on any atom is -0.464 e. The van der Waals surface area contributed by atoms with Crippen molar-refractivity contribution in [2.75, 3.05) is 6.61 Å². The molecular formula is C23H16O3S. The molecule has 0 spiro atoms. The Morgan fingerprint density at radius 3 is 2.85 bits per heavy atom. The van der Waals surface area contributed by atoms with Gasteiger partial charge < -0.3 is 9.47 Å². The van der Waals surface area contributed by atoms with Crippen LogP contribution in [0.4, 0.5) is 0 Å². The number of fused-ring (bicyclic) bond motifs is 6. The second kappa shape index (κ2) is 6.25. The van der Waals surface area contributed by atoms with Crippen LogP contribution in [0.25, 0.3) is 33.7 Å². The van der Waals surface area contributed by atoms with Gasteiger partial charge in [-0.15, -0.1) is 11.3 Å². The Labute approximate surface area is 160 Å². The molecule has 0 amide bonds. The van der Waals surface area contributed by atoms with Crippen molar-refractivity contribution in [3.8, 4) is 27.3 Å². The third kappa shape index (κ3) is 2.61. The molecule has 1 aliphatic carbocycles. The van der Waals surface area contributed by atoms with E-state index in [0.29, 0.717) is 11.5 Å². The van der Waals surface area contributed by atoms with Crippen molar-refractivity contribution in [2.24, 2.45) is 0 Å². The first-order valence-corrected chi connectivity index (χ1v) is 9.66. The number of allylic oxidation sites excluding steroid dienone is 1. The highest BCUT2D eigenvalue weighted by molar-refractivity contribution is 7.18. The van der Waals surface area contributed by atoms with E-state index in [0.717, 1.165) is 43.3 Å². The van der Waals surface area contributed by atoms with Crippen LogP contribution < -0.4 is 15.2 Å². The molecule has 0 unspecified atom stereocenters. The average molecular weight is 372 g/mol. The number of hydrogen-bond donors (Lipinski definition) is 0. The fourth-order valence-electron chi connectivity index (χ4n) is 3.54. The van der Waals surface area contributed by atoms with E-state index in [4.69, 9.17) is 9.47 Å². The Bertz CT molecular complexity index is 1230. The van der Waals surface area contributed by atoms with Crippen molar-refractivity contribution < 1.29 is 14.3 Å². The van der Waals surface area contributed by atoms with E-state index in [9.17, 15) is 4.79 Å². The maximum Gasteiger partial charge on any atom is 0.348 e. The van der Waals surface area contributed by atoms with Gasteiger partial charge in [-0.2, -0.15) is 0 Å². The largest absolute Gasteiger partial charge is 0.464 e. The summed E-state index contributed by atoms with van der Waals surface area (Å²) in [6, 6.07) is 14.4. The molecule has 132 valence electrons. The van der Waals surface area contributed by atoms with E-state index in [1.165, 1.54) is 11.3 Å². The predicted octanol–water partition coefficient (Wildman–Crippen LogP) is 4.09. The van der Waals surface area contributed by atoms with Gasteiger partial charge in [-0.25, -0.2) is 4.79 Å². The van der Waals surface area contributed by atoms with Crippen LogP contribution in [-0.2, 0) is 4.74 Å². The molecule has 3 aromatic rings. The summed E-state index contributed by atoms with van der Waals surface area (Å²) in [5, 5.41) is 2.11. The van der Waals surface area contributed by atoms with Gasteiger partial charge in [0.2, 0.25) is 0 Å². The third-order valence-electron chi connectivity index (χ3n) is 4.75. The Hall–Kier alpha value is -3.11. The van der Waals surface area contributed by atoms with Crippen LogP contribution in [-0.4, -0.2) is 12.6 Å². The molecule has 2 aromatic carbocycles. The number of benzene rings is 2. The number of hydrogen-bond acceptors (Lipinski definition) is 4. The number of thiophene rings is 1. The highest BCUT2D eigenvalue weighted by Gasteiger charge is 2.22. The summed E-state index contributed by atoms with van der Waals surface area (Å²) in [4.78, 5) is 14.1. The minimum absolute atomic E-state index is 0.269. The van der Waals surface area contributed by atoms with Crippen molar-refractivity contribution in [1.29, 1.82) is 0 Å². The molecule has 2 aliphatic rings. The van der Waals surface area contributed by atoms with E-state index < -0.39 is 0 Å². The standard InChI is InChI=1S/C23H16O3S/c1-2-25-23(24)21-13-19-18-11-15-7-5-9-26-20(15)12-16(18)10-14-6-3-4-8-17(14)22(19)27-21/h3-13H,2H2,1H3. The molecule has 0 radical (unpaired) electrons. The van der Waals surface area contributed by atoms with Crippen molar-refractivity contribution in [2.45, 2.75) is 6.92 Å². The predicted molar refractivity (Wildman–Crippen MR) is 108 cm³/mol. The minimum atomic E-state index is -0.269. The summed E-state index contributed by atoms with van der Waals surface area (Å²) < 4.78 is 10.9. The summed E-state index contributed by atoms with van der Waals surface area (Å²) >= 11 is 1.49. The average Bonchev–Trinajstić information content (AvgIpc) is 3.08. The van der Waals surface area contributed by atoms with Gasteiger partial charge in [0.05, 0.1) is 12.9 Å². The van der Waals surface area contributed by atoms with Crippen LogP contribution in [0.2, 0.25) is 0 Å². The van der Waals surface area contributed by atoms with E-state index >= 15 is 0 Å². The molecule has 0 N–H and O–H groups in total. The first-order chi connectivity index (χ1) is 13.2. The van der Waals surface area contributed by atoms with Crippen LogP contribution in [0, 0.1) is 0 Å². The van der Waals surface area contributed by atoms with E-state index in [2.05, 4.69) is 30.3 Å². The summed E-state index contributed by atoms with van der Waals surface area (Å²) in [7, 11) is 0. The molecule has 0 bridgehead atoms. The smallest absolute Gasteiger partial charge is 0.348 e. The molecular weight excluding hydrogens is 356 g/mol. The molecule has 1 aliphatic heterocycles. The first-order valence-electron chi connectivity index (χ1n) is 8.84. The fourth-order valence-corrected chi connectivity index (χ4v) is 4.66. The summed E-state index contributed by atoms with van der Waals surface area (Å²) in [6.45, 7) is 2.19. The number of esters is 1. The van der Waals surface area contributed by atoms with Crippen LogP contribution >= 0.6 is 11.3 Å². The summed E-state index contributed by atoms with van der Waals surface area (Å²) in [5.74, 6) is 0.573. The first kappa shape index (κ1) is 16.1. The lowest BCUT2D eigenvalue weighted by Gasteiger charge is -2.09. The molecule has 0 fully saturated rings. The maximum atomic E-state index is 12.4. The van der Waals surface area contributed by atoms with E-state index in [1.54, 1.807) is 6.26 Å².